The summed E-state index contributed by atoms with van der Waals surface area (Å²) in [7, 11) is 0. The molecule has 6 N–H and O–H groups in total. The molecule has 3 saturated heterocycles. The van der Waals surface area contributed by atoms with E-state index in [1.807, 2.05) is 17.0 Å². The maximum absolute atomic E-state index is 14.1. The molecule has 0 radical (unpaired) electrons. The smallest absolute Gasteiger partial charge is 0.394 e. The van der Waals surface area contributed by atoms with E-state index in [0.717, 1.165) is 24.8 Å². The van der Waals surface area contributed by atoms with Crippen molar-refractivity contribution in [2.75, 3.05) is 61.0 Å². The Bertz CT molecular complexity index is 2180. The number of alkyl halides is 3. The third-order valence-electron chi connectivity index (χ3n) is 11.4. The van der Waals surface area contributed by atoms with Gasteiger partial charge in [-0.25, -0.2) is 24.9 Å². The summed E-state index contributed by atoms with van der Waals surface area (Å²) in [4.78, 5) is 50.0. The number of carbonyl (C=O) groups is 2. The molecule has 3 fully saturated rings. The first-order chi connectivity index (χ1) is 29.4. The van der Waals surface area contributed by atoms with Crippen molar-refractivity contribution in [1.29, 1.82) is 5.26 Å². The van der Waals surface area contributed by atoms with Gasteiger partial charge in [-0.15, -0.1) is 0 Å². The van der Waals surface area contributed by atoms with Gasteiger partial charge >= 0.3 is 6.18 Å². The highest BCUT2D eigenvalue weighted by atomic mass is 19.4. The van der Waals surface area contributed by atoms with Crippen molar-refractivity contribution < 1.29 is 42.8 Å². The van der Waals surface area contributed by atoms with E-state index in [2.05, 4.69) is 46.9 Å². The lowest BCUT2D eigenvalue weighted by Crippen LogP contribution is -2.44. The Hall–Kier alpha value is -5.69. The molecule has 1 aromatic carbocycles. The Morgan fingerprint density at radius 3 is 2.44 bits per heavy atom. The van der Waals surface area contributed by atoms with E-state index in [9.17, 15) is 38.1 Å². The van der Waals surface area contributed by atoms with Crippen LogP contribution in [0.5, 0.6) is 0 Å². The number of hydrogen-bond acceptors (Lipinski definition) is 15. The van der Waals surface area contributed by atoms with Crippen LogP contribution in [0.4, 0.5) is 30.6 Å². The van der Waals surface area contributed by atoms with Crippen LogP contribution in [-0.4, -0.2) is 127 Å². The number of hydrogen-bond donors (Lipinski definition) is 6. The van der Waals surface area contributed by atoms with Crippen molar-refractivity contribution in [1.82, 2.24) is 40.1 Å². The average molecular weight is 851 g/mol. The quantitative estimate of drug-likeness (QED) is 0.0885. The minimum Gasteiger partial charge on any atom is -0.394 e. The van der Waals surface area contributed by atoms with E-state index in [1.165, 1.54) is 17.2 Å². The fourth-order valence-corrected chi connectivity index (χ4v) is 8.12. The number of halogens is 3. The number of aliphatic hydroxyl groups is 3. The van der Waals surface area contributed by atoms with E-state index in [4.69, 9.17) is 10.00 Å². The highest BCUT2D eigenvalue weighted by molar-refractivity contribution is 5.86. The standard InChI is InChI=1S/C40H49F3N12O6/c41-40(42,43)39-51-29(19-30(52-39)54-16-2-4-27(54)37(60)47-13-10-25-6-8-26(20-44)9-7-25)53-17-11-24(12-18-53)3-1-5-31(57)45-14-15-46-35-32-36(49-22-48-35)55(23-50-32)38-34(59)33(58)28(21-56)61-38/h6-9,19,22-24,27-28,33-34,38,56,58-59H,1-5,10-18,21H2,(H,45,57)(H,47,60)(H,46,48,49)/t27-,28?,33?,34?,38?/m0/s1. The van der Waals surface area contributed by atoms with E-state index < -0.39 is 49.2 Å². The average Bonchev–Trinajstić information content (AvgIpc) is 4.00. The van der Waals surface area contributed by atoms with Gasteiger partial charge in [0.2, 0.25) is 17.6 Å². The molecule has 3 aliphatic rings. The maximum atomic E-state index is 14.1. The lowest BCUT2D eigenvalue weighted by Gasteiger charge is -2.34. The number of aromatic nitrogens is 6. The number of fused-ring (bicyclic) bond motifs is 1. The fourth-order valence-electron chi connectivity index (χ4n) is 8.12. The number of nitrogens with one attached hydrogen (secondary N) is 3. The van der Waals surface area contributed by atoms with Gasteiger partial charge in [0.15, 0.2) is 23.2 Å². The first-order valence-corrected chi connectivity index (χ1v) is 20.5. The summed E-state index contributed by atoms with van der Waals surface area (Å²) in [6.07, 6.45) is -1.74. The maximum Gasteiger partial charge on any atom is 0.451 e. The van der Waals surface area contributed by atoms with Gasteiger partial charge in [0, 0.05) is 51.8 Å². The summed E-state index contributed by atoms with van der Waals surface area (Å²) < 4.78 is 49.3. The Morgan fingerprint density at radius 1 is 0.951 bits per heavy atom. The van der Waals surface area contributed by atoms with Crippen LogP contribution in [0.3, 0.4) is 0 Å². The minimum absolute atomic E-state index is 0.0702. The number of nitrogens with zero attached hydrogens (tertiary/aromatic N) is 9. The molecule has 18 nitrogen and oxygen atoms in total. The van der Waals surface area contributed by atoms with Crippen LogP contribution in [-0.2, 0) is 26.9 Å². The van der Waals surface area contributed by atoms with Crippen LogP contribution in [0.1, 0.15) is 68.1 Å². The predicted octanol–water partition coefficient (Wildman–Crippen LogP) is 2.06. The van der Waals surface area contributed by atoms with Crippen molar-refractivity contribution in [3.05, 3.63) is 59.9 Å². The molecule has 326 valence electrons. The fraction of sp³-hybridized carbons (Fsp3) is 0.550. The zero-order chi connectivity index (χ0) is 43.1. The predicted molar refractivity (Wildman–Crippen MR) is 214 cm³/mol. The topological polar surface area (TPSA) is 240 Å². The molecule has 0 saturated carbocycles. The van der Waals surface area contributed by atoms with Crippen LogP contribution in [0.2, 0.25) is 0 Å². The highest BCUT2D eigenvalue weighted by Gasteiger charge is 2.44. The van der Waals surface area contributed by atoms with Crippen molar-refractivity contribution in [2.24, 2.45) is 5.92 Å². The first kappa shape index (κ1) is 43.4. The third kappa shape index (κ3) is 10.3. The van der Waals surface area contributed by atoms with Gasteiger partial charge in [0.05, 0.1) is 24.6 Å². The molecular weight excluding hydrogens is 802 g/mol. The molecule has 7 rings (SSSR count). The van der Waals surface area contributed by atoms with E-state index in [1.54, 1.807) is 23.1 Å². The van der Waals surface area contributed by atoms with Crippen LogP contribution in [0.15, 0.2) is 43.0 Å². The van der Waals surface area contributed by atoms with E-state index >= 15 is 0 Å². The summed E-state index contributed by atoms with van der Waals surface area (Å²) in [5.41, 5.74) is 2.23. The number of amides is 2. The second-order valence-electron chi connectivity index (χ2n) is 15.5. The summed E-state index contributed by atoms with van der Waals surface area (Å²) in [5.74, 6) is -0.706. The third-order valence-corrected chi connectivity index (χ3v) is 11.4. The molecule has 2 amide bonds. The first-order valence-electron chi connectivity index (χ1n) is 20.5. The Morgan fingerprint density at radius 2 is 1.72 bits per heavy atom. The second-order valence-corrected chi connectivity index (χ2v) is 15.5. The number of rotatable bonds is 16. The molecule has 4 aromatic rings. The normalized spacial score (nSPS) is 22.1. The number of nitriles is 1. The highest BCUT2D eigenvalue weighted by Crippen LogP contribution is 2.35. The second kappa shape index (κ2) is 19.4. The van der Waals surface area contributed by atoms with Gasteiger partial charge in [-0.1, -0.05) is 12.1 Å². The lowest BCUT2D eigenvalue weighted by molar-refractivity contribution is -0.144. The number of carbonyl (C=O) groups excluding carboxylic acids is 2. The molecule has 3 aromatic heterocycles. The molecular formula is C40H49F3N12O6. The number of anilines is 3. The summed E-state index contributed by atoms with van der Waals surface area (Å²) in [6, 6.07) is 10.0. The molecule has 0 spiro atoms. The molecule has 61 heavy (non-hydrogen) atoms. The molecule has 6 heterocycles. The van der Waals surface area contributed by atoms with Crippen LogP contribution < -0.4 is 25.8 Å². The Labute approximate surface area is 349 Å². The van der Waals surface area contributed by atoms with Gasteiger partial charge in [0.25, 0.3) is 0 Å². The molecule has 5 atom stereocenters. The number of ether oxygens (including phenoxy) is 1. The molecule has 3 aliphatic heterocycles. The summed E-state index contributed by atoms with van der Waals surface area (Å²) >= 11 is 0. The zero-order valence-electron chi connectivity index (χ0n) is 33.3. The van der Waals surface area contributed by atoms with Crippen molar-refractivity contribution in [2.45, 2.75) is 88.1 Å². The monoisotopic (exact) mass is 850 g/mol. The Balaban J connectivity index is 0.849. The van der Waals surface area contributed by atoms with Gasteiger partial charge < -0.3 is 45.8 Å². The van der Waals surface area contributed by atoms with Gasteiger partial charge in [-0.3, -0.25) is 14.2 Å². The number of piperidine rings is 1. The minimum atomic E-state index is -4.78. The molecule has 0 aliphatic carbocycles. The van der Waals surface area contributed by atoms with E-state index in [-0.39, 0.29) is 23.5 Å². The van der Waals surface area contributed by atoms with Crippen LogP contribution in [0.25, 0.3) is 11.2 Å². The molecule has 21 heteroatoms. The van der Waals surface area contributed by atoms with E-state index in [0.29, 0.717) is 99.8 Å². The summed E-state index contributed by atoms with van der Waals surface area (Å²) in [5, 5.41) is 47.9. The largest absolute Gasteiger partial charge is 0.451 e. The van der Waals surface area contributed by atoms with Crippen molar-refractivity contribution >= 4 is 40.4 Å². The SMILES string of the molecule is N#Cc1ccc(CCNC(=O)[C@@H]2CCCN2c2cc(N3CCC(CCCC(=O)NCCNc4ncnc5c4ncn5C4OC(CO)C(O)C4O)CC3)nc(C(F)(F)F)n2)cc1. The number of benzene rings is 1. The number of imidazole rings is 1. The zero-order valence-corrected chi connectivity index (χ0v) is 33.3. The van der Waals surface area contributed by atoms with Crippen molar-refractivity contribution in [3.63, 3.8) is 0 Å². The molecule has 0 bridgehead atoms. The Kier molecular flexibility index (Phi) is 13.8. The van der Waals surface area contributed by atoms with Crippen LogP contribution in [0, 0.1) is 17.2 Å². The number of aliphatic hydroxyl groups excluding tert-OH is 3. The summed E-state index contributed by atoms with van der Waals surface area (Å²) in [6.45, 7) is 1.88. The van der Waals surface area contributed by atoms with Crippen molar-refractivity contribution in [3.8, 4) is 6.07 Å². The van der Waals surface area contributed by atoms with Gasteiger partial charge in [0.1, 0.15) is 42.3 Å². The van der Waals surface area contributed by atoms with Gasteiger partial charge in [-0.05, 0) is 68.6 Å². The lowest BCUT2D eigenvalue weighted by atomic mass is 9.91. The molecule has 4 unspecified atom stereocenters. The van der Waals surface area contributed by atoms with Crippen LogP contribution >= 0.6 is 0 Å². The van der Waals surface area contributed by atoms with Gasteiger partial charge in [-0.2, -0.15) is 18.4 Å².